The van der Waals surface area contributed by atoms with Crippen LogP contribution >= 0.6 is 47.0 Å². The van der Waals surface area contributed by atoms with Gasteiger partial charge in [0.25, 0.3) is 0 Å². The topological polar surface area (TPSA) is 49.4 Å². The van der Waals surface area contributed by atoms with E-state index in [0.29, 0.717) is 12.8 Å². The van der Waals surface area contributed by atoms with Crippen molar-refractivity contribution in [3.63, 3.8) is 0 Å². The summed E-state index contributed by atoms with van der Waals surface area (Å²) >= 11 is 8.96. The molecule has 1 N–H and O–H groups in total. The summed E-state index contributed by atoms with van der Waals surface area (Å²) in [5, 5.41) is 2.36. The number of nitrogens with zero attached hydrogens (tertiary/aromatic N) is 1. The Kier molecular flexibility index (Phi) is 5.36. The normalized spacial score (nSPS) is 25.2. The lowest BCUT2D eigenvalue weighted by molar-refractivity contribution is -0.137. The number of fused-ring (bicyclic) bond motifs is 1. The van der Waals surface area contributed by atoms with Crippen molar-refractivity contribution in [2.75, 3.05) is 10.2 Å². The third-order valence-electron chi connectivity index (χ3n) is 4.05. The Morgan fingerprint density at radius 2 is 2.23 bits per heavy atom. The first kappa shape index (κ1) is 16.6. The van der Waals surface area contributed by atoms with E-state index in [1.807, 2.05) is 11.8 Å². The van der Waals surface area contributed by atoms with Crippen molar-refractivity contribution in [1.82, 2.24) is 10.2 Å². The highest BCUT2D eigenvalue weighted by Crippen LogP contribution is 2.42. The van der Waals surface area contributed by atoms with Gasteiger partial charge in [0.1, 0.15) is 0 Å². The number of hydrogen-bond donors (Lipinski definition) is 2. The molecule has 3 rings (SSSR count). The van der Waals surface area contributed by atoms with Gasteiger partial charge < -0.3 is 0 Å². The SMILES string of the molecule is O=C1CCC(N2Cc3c(SCCI)cccc3C2S)C(=O)N1. The molecule has 1 aromatic carbocycles. The van der Waals surface area contributed by atoms with Crippen molar-refractivity contribution in [2.45, 2.75) is 35.7 Å². The summed E-state index contributed by atoms with van der Waals surface area (Å²) in [4.78, 5) is 26.8. The highest BCUT2D eigenvalue weighted by molar-refractivity contribution is 14.1. The molecule has 2 aliphatic heterocycles. The average molecular weight is 448 g/mol. The largest absolute Gasteiger partial charge is 0.295 e. The standard InChI is InChI=1S/C15H17IN2O2S2/c16-6-7-22-12-3-1-2-9-10(12)8-18(15(9)21)11-4-5-13(19)17-14(11)20/h1-3,11,15,21H,4-8H2,(H,17,19,20). The highest BCUT2D eigenvalue weighted by Gasteiger charge is 2.39. The van der Waals surface area contributed by atoms with Gasteiger partial charge in [-0.25, -0.2) is 0 Å². The average Bonchev–Trinajstić information content (AvgIpc) is 2.83. The van der Waals surface area contributed by atoms with Crippen LogP contribution in [0.2, 0.25) is 0 Å². The number of rotatable bonds is 4. The van der Waals surface area contributed by atoms with Crippen molar-refractivity contribution in [2.24, 2.45) is 0 Å². The molecular formula is C15H17IN2O2S2. The Hall–Kier alpha value is -0.250. The molecule has 0 aromatic heterocycles. The monoisotopic (exact) mass is 448 g/mol. The molecule has 22 heavy (non-hydrogen) atoms. The van der Waals surface area contributed by atoms with Crippen LogP contribution in [0.1, 0.15) is 29.3 Å². The second kappa shape index (κ2) is 7.11. The van der Waals surface area contributed by atoms with Crippen molar-refractivity contribution >= 4 is 58.8 Å². The molecule has 0 bridgehead atoms. The van der Waals surface area contributed by atoms with Crippen molar-refractivity contribution < 1.29 is 9.59 Å². The quantitative estimate of drug-likeness (QED) is 0.245. The molecule has 2 atom stereocenters. The van der Waals surface area contributed by atoms with E-state index in [1.165, 1.54) is 16.0 Å². The second-order valence-electron chi connectivity index (χ2n) is 5.37. The van der Waals surface area contributed by atoms with Crippen LogP contribution in [-0.2, 0) is 16.1 Å². The first-order valence-electron chi connectivity index (χ1n) is 7.20. The smallest absolute Gasteiger partial charge is 0.243 e. The van der Waals surface area contributed by atoms with Gasteiger partial charge in [-0.15, -0.1) is 11.8 Å². The molecule has 1 saturated heterocycles. The maximum absolute atomic E-state index is 12.1. The number of imide groups is 1. The zero-order valence-electron chi connectivity index (χ0n) is 11.9. The Bertz CT molecular complexity index is 611. The molecule has 2 unspecified atom stereocenters. The minimum atomic E-state index is -0.268. The molecule has 0 aliphatic carbocycles. The van der Waals surface area contributed by atoms with Crippen LogP contribution in [-0.4, -0.2) is 32.9 Å². The van der Waals surface area contributed by atoms with E-state index in [2.05, 4.69) is 51.0 Å². The number of hydrogen-bond acceptors (Lipinski definition) is 5. The Morgan fingerprint density at radius 1 is 1.41 bits per heavy atom. The number of piperidine rings is 1. The fourth-order valence-corrected chi connectivity index (χ4v) is 4.98. The van der Waals surface area contributed by atoms with Crippen LogP contribution in [0.5, 0.6) is 0 Å². The zero-order chi connectivity index (χ0) is 15.7. The highest BCUT2D eigenvalue weighted by atomic mass is 127. The summed E-state index contributed by atoms with van der Waals surface area (Å²) in [5.41, 5.74) is 2.47. The molecule has 4 nitrogen and oxygen atoms in total. The number of thioether (sulfide) groups is 1. The van der Waals surface area contributed by atoms with Gasteiger partial charge in [-0.1, -0.05) is 34.7 Å². The van der Waals surface area contributed by atoms with E-state index in [1.54, 1.807) is 0 Å². The number of amides is 2. The fraction of sp³-hybridized carbons (Fsp3) is 0.467. The summed E-state index contributed by atoms with van der Waals surface area (Å²) in [7, 11) is 0. The Balaban J connectivity index is 1.83. The van der Waals surface area contributed by atoms with Crippen LogP contribution in [0.3, 0.4) is 0 Å². The third kappa shape index (κ3) is 3.18. The van der Waals surface area contributed by atoms with Gasteiger partial charge in [0.05, 0.1) is 11.4 Å². The summed E-state index contributed by atoms with van der Waals surface area (Å²) in [6, 6.07) is 6.03. The van der Waals surface area contributed by atoms with E-state index in [4.69, 9.17) is 12.6 Å². The number of nitrogens with one attached hydrogen (secondary N) is 1. The number of alkyl halides is 1. The molecule has 1 aromatic rings. The molecular weight excluding hydrogens is 431 g/mol. The van der Waals surface area contributed by atoms with Crippen molar-refractivity contribution in [3.05, 3.63) is 29.3 Å². The van der Waals surface area contributed by atoms with E-state index < -0.39 is 0 Å². The van der Waals surface area contributed by atoms with Gasteiger partial charge in [-0.2, -0.15) is 12.6 Å². The first-order valence-corrected chi connectivity index (χ1v) is 10.2. The Morgan fingerprint density at radius 3 is 2.95 bits per heavy atom. The van der Waals surface area contributed by atoms with E-state index >= 15 is 0 Å². The number of halogens is 1. The number of carbonyl (C=O) groups excluding carboxylic acids is 2. The van der Waals surface area contributed by atoms with E-state index in [9.17, 15) is 9.59 Å². The second-order valence-corrected chi connectivity index (χ2v) is 8.08. The van der Waals surface area contributed by atoms with E-state index in [0.717, 1.165) is 16.7 Å². The maximum Gasteiger partial charge on any atom is 0.243 e. The van der Waals surface area contributed by atoms with Gasteiger partial charge in [0.2, 0.25) is 11.8 Å². The lowest BCUT2D eigenvalue weighted by atomic mass is 10.0. The minimum Gasteiger partial charge on any atom is -0.295 e. The number of benzene rings is 1. The summed E-state index contributed by atoms with van der Waals surface area (Å²) in [6.45, 7) is 0.722. The number of carbonyl (C=O) groups is 2. The lowest BCUT2D eigenvalue weighted by Gasteiger charge is -2.32. The van der Waals surface area contributed by atoms with Gasteiger partial charge in [0, 0.05) is 28.0 Å². The van der Waals surface area contributed by atoms with Gasteiger partial charge >= 0.3 is 0 Å². The van der Waals surface area contributed by atoms with Gasteiger partial charge in [0.15, 0.2) is 0 Å². The van der Waals surface area contributed by atoms with Crippen molar-refractivity contribution in [1.29, 1.82) is 0 Å². The predicted molar refractivity (Wildman–Crippen MR) is 99.5 cm³/mol. The molecule has 2 aliphatic rings. The van der Waals surface area contributed by atoms with Gasteiger partial charge in [-0.05, 0) is 23.6 Å². The molecule has 7 heteroatoms. The summed E-state index contributed by atoms with van der Waals surface area (Å²) in [6.07, 6.45) is 0.978. The zero-order valence-corrected chi connectivity index (χ0v) is 15.8. The maximum atomic E-state index is 12.1. The molecule has 0 radical (unpaired) electrons. The first-order chi connectivity index (χ1) is 10.6. The third-order valence-corrected chi connectivity index (χ3v) is 7.00. The Labute approximate surface area is 153 Å². The predicted octanol–water partition coefficient (Wildman–Crippen LogP) is 2.76. The molecule has 2 heterocycles. The lowest BCUT2D eigenvalue weighted by Crippen LogP contribution is -2.51. The van der Waals surface area contributed by atoms with Crippen LogP contribution in [0.15, 0.2) is 23.1 Å². The molecule has 0 saturated carbocycles. The summed E-state index contributed by atoms with van der Waals surface area (Å²) < 4.78 is 1.10. The molecule has 118 valence electrons. The van der Waals surface area contributed by atoms with Crippen LogP contribution in [0.25, 0.3) is 0 Å². The van der Waals surface area contributed by atoms with Crippen LogP contribution < -0.4 is 5.32 Å². The van der Waals surface area contributed by atoms with Crippen LogP contribution in [0.4, 0.5) is 0 Å². The van der Waals surface area contributed by atoms with Crippen LogP contribution in [0, 0.1) is 0 Å². The van der Waals surface area contributed by atoms with Gasteiger partial charge in [-0.3, -0.25) is 19.8 Å². The molecule has 1 fully saturated rings. The molecule has 2 amide bonds. The summed E-state index contributed by atoms with van der Waals surface area (Å²) in [5.74, 6) is 0.712. The van der Waals surface area contributed by atoms with E-state index in [-0.39, 0.29) is 23.2 Å². The fourth-order valence-electron chi connectivity index (χ4n) is 3.00. The number of thiol groups is 1. The molecule has 0 spiro atoms. The van der Waals surface area contributed by atoms with Crippen molar-refractivity contribution in [3.8, 4) is 0 Å². The minimum absolute atomic E-state index is 0.0842.